The molecule has 0 aliphatic rings. The third-order valence-corrected chi connectivity index (χ3v) is 1.76. The maximum Gasteiger partial charge on any atom is 0.265 e. The monoisotopic (exact) mass is 156 g/mol. The van der Waals surface area contributed by atoms with E-state index < -0.39 is 0 Å². The van der Waals surface area contributed by atoms with Crippen LogP contribution in [0.2, 0.25) is 5.02 Å². The van der Waals surface area contributed by atoms with Crippen LogP contribution in [0.15, 0.2) is 24.3 Å². The highest BCUT2D eigenvalue weighted by Gasteiger charge is 1.90. The van der Waals surface area contributed by atoms with Gasteiger partial charge in [-0.2, -0.15) is 0 Å². The second-order valence-electron chi connectivity index (χ2n) is 1.62. The summed E-state index contributed by atoms with van der Waals surface area (Å²) < 4.78 is 0. The highest BCUT2D eigenvalue weighted by Crippen LogP contribution is 2.02. The second kappa shape index (κ2) is 3.01. The van der Waals surface area contributed by atoms with Gasteiger partial charge in [-0.3, -0.25) is 0 Å². The summed E-state index contributed by atoms with van der Waals surface area (Å²) in [4.78, 5) is 8.63. The minimum atomic E-state index is -0.158. The first-order valence-corrected chi connectivity index (χ1v) is 3.81. The predicted octanol–water partition coefficient (Wildman–Crippen LogP) is 0.577. The van der Waals surface area contributed by atoms with Gasteiger partial charge in [-0.1, -0.05) is 23.7 Å². The Balaban J connectivity index is 2.94. The molecule has 1 aromatic rings. The van der Waals surface area contributed by atoms with E-state index in [-0.39, 0.29) is 9.76 Å². The van der Waals surface area contributed by atoms with Gasteiger partial charge in [0.25, 0.3) is 9.76 Å². The summed E-state index contributed by atoms with van der Waals surface area (Å²) in [7, 11) is -0.158. The Bertz CT molecular complexity index is 202. The third-order valence-electron chi connectivity index (χ3n) is 0.954. The van der Waals surface area contributed by atoms with Crippen molar-refractivity contribution in [3.63, 3.8) is 0 Å². The van der Waals surface area contributed by atoms with Crippen molar-refractivity contribution in [3.05, 3.63) is 29.3 Å². The van der Waals surface area contributed by atoms with Crippen LogP contribution in [-0.2, 0) is 0 Å². The quantitative estimate of drug-likeness (QED) is 0.590. The van der Waals surface area contributed by atoms with E-state index in [4.69, 9.17) is 16.4 Å². The summed E-state index contributed by atoms with van der Waals surface area (Å²) in [6, 6.07) is 7.19. The van der Waals surface area contributed by atoms with Crippen LogP contribution < -0.4 is 5.19 Å². The molecule has 0 saturated heterocycles. The topological polar surface area (TPSA) is 20.2 Å². The normalized spacial score (nSPS) is 9.56. The molecule has 0 bridgehead atoms. The zero-order valence-corrected chi connectivity index (χ0v) is 6.39. The summed E-state index contributed by atoms with van der Waals surface area (Å²) in [6.07, 6.45) is 0. The lowest BCUT2D eigenvalue weighted by Gasteiger charge is -1.91. The Morgan fingerprint density at radius 3 is 2.67 bits per heavy atom. The molecule has 1 rings (SSSR count). The fourth-order valence-corrected chi connectivity index (χ4v) is 1.23. The van der Waals surface area contributed by atoms with Crippen molar-refractivity contribution in [1.82, 2.24) is 0 Å². The Morgan fingerprint density at radius 2 is 2.22 bits per heavy atom. The molecule has 3 heteroatoms. The van der Waals surface area contributed by atoms with Crippen molar-refractivity contribution in [1.29, 1.82) is 0 Å². The molecule has 0 fully saturated rings. The first kappa shape index (κ1) is 6.80. The molecule has 0 aliphatic heterocycles. The van der Waals surface area contributed by atoms with Crippen molar-refractivity contribution < 1.29 is 4.80 Å². The van der Waals surface area contributed by atoms with E-state index in [1.54, 1.807) is 12.1 Å². The van der Waals surface area contributed by atoms with Crippen LogP contribution in [0.1, 0.15) is 0 Å². The summed E-state index contributed by atoms with van der Waals surface area (Å²) in [6.45, 7) is 0. The van der Waals surface area contributed by atoms with Gasteiger partial charge in [0, 0.05) is 5.02 Å². The van der Waals surface area contributed by atoms with E-state index in [1.165, 1.54) is 0 Å². The Labute approximate surface area is 61.2 Å². The smallest absolute Gasteiger partial charge is 0.265 e. The predicted molar refractivity (Wildman–Crippen MR) is 39.1 cm³/mol. The van der Waals surface area contributed by atoms with Crippen molar-refractivity contribution in [2.24, 2.45) is 0 Å². The Kier molecular flexibility index (Phi) is 2.27. The highest BCUT2D eigenvalue weighted by atomic mass is 35.5. The number of benzene rings is 1. The van der Waals surface area contributed by atoms with Crippen LogP contribution in [0.5, 0.6) is 0 Å². The maximum absolute atomic E-state index is 8.63. The molecule has 0 amide bonds. The molecule has 2 radical (unpaired) electrons. The summed E-state index contributed by atoms with van der Waals surface area (Å²) in [5.74, 6) is 0. The zero-order valence-electron chi connectivity index (χ0n) is 4.63. The molecule has 1 nitrogen and oxygen atoms in total. The van der Waals surface area contributed by atoms with Gasteiger partial charge in [0.15, 0.2) is 0 Å². The first-order chi connectivity index (χ1) is 4.33. The summed E-state index contributed by atoms with van der Waals surface area (Å²) >= 11 is 5.62. The minimum absolute atomic E-state index is 0.158. The van der Waals surface area contributed by atoms with Crippen LogP contribution >= 0.6 is 11.6 Å². The van der Waals surface area contributed by atoms with Crippen LogP contribution in [0.3, 0.4) is 0 Å². The molecule has 9 heavy (non-hydrogen) atoms. The molecule has 0 aromatic heterocycles. The highest BCUT2D eigenvalue weighted by molar-refractivity contribution is 6.46. The van der Waals surface area contributed by atoms with Gasteiger partial charge in [-0.25, -0.2) is 0 Å². The average Bonchev–Trinajstić information content (AvgIpc) is 1.88. The molecule has 0 heterocycles. The molecular formula is C6H5ClOSi. The van der Waals surface area contributed by atoms with E-state index in [9.17, 15) is 0 Å². The minimum Gasteiger partial charge on any atom is -0.428 e. The standard InChI is InChI=1S/C6H5ClOSi/c7-5-2-1-3-6(4-5)9-8/h1-4,8H. The van der Waals surface area contributed by atoms with E-state index in [1.807, 2.05) is 12.1 Å². The van der Waals surface area contributed by atoms with Crippen molar-refractivity contribution >= 4 is 26.6 Å². The van der Waals surface area contributed by atoms with Gasteiger partial charge in [0.05, 0.1) is 0 Å². The molecule has 1 N–H and O–H groups in total. The van der Waals surface area contributed by atoms with Crippen LogP contribution in [-0.4, -0.2) is 14.6 Å². The number of hydrogen-bond acceptors (Lipinski definition) is 1. The first-order valence-electron chi connectivity index (χ1n) is 2.48. The van der Waals surface area contributed by atoms with E-state index in [0.29, 0.717) is 5.02 Å². The lowest BCUT2D eigenvalue weighted by Crippen LogP contribution is -2.11. The third kappa shape index (κ3) is 1.82. The van der Waals surface area contributed by atoms with Crippen molar-refractivity contribution in [3.8, 4) is 0 Å². The molecule has 46 valence electrons. The largest absolute Gasteiger partial charge is 0.428 e. The molecule has 0 atom stereocenters. The van der Waals surface area contributed by atoms with Gasteiger partial charge in [0.2, 0.25) is 0 Å². The van der Waals surface area contributed by atoms with Crippen molar-refractivity contribution in [2.45, 2.75) is 0 Å². The molecular weight excluding hydrogens is 152 g/mol. The zero-order chi connectivity index (χ0) is 6.69. The van der Waals surface area contributed by atoms with Gasteiger partial charge in [-0.15, -0.1) is 0 Å². The van der Waals surface area contributed by atoms with E-state index >= 15 is 0 Å². The lowest BCUT2D eigenvalue weighted by atomic mass is 10.4. The lowest BCUT2D eigenvalue weighted by molar-refractivity contribution is 0.615. The summed E-state index contributed by atoms with van der Waals surface area (Å²) in [5, 5.41) is 1.55. The van der Waals surface area contributed by atoms with E-state index in [0.717, 1.165) is 5.19 Å². The molecule has 0 spiro atoms. The fourth-order valence-electron chi connectivity index (χ4n) is 0.558. The van der Waals surface area contributed by atoms with Crippen LogP contribution in [0, 0.1) is 0 Å². The SMILES string of the molecule is O[Si]c1cccc(Cl)c1. The fraction of sp³-hybridized carbons (Fsp3) is 0. The number of halogens is 1. The molecule has 0 saturated carbocycles. The summed E-state index contributed by atoms with van der Waals surface area (Å²) in [5.41, 5.74) is 0. The van der Waals surface area contributed by atoms with Gasteiger partial charge >= 0.3 is 0 Å². The average molecular weight is 157 g/mol. The molecule has 1 aromatic carbocycles. The van der Waals surface area contributed by atoms with Gasteiger partial charge in [-0.05, 0) is 17.3 Å². The van der Waals surface area contributed by atoms with Crippen molar-refractivity contribution in [2.75, 3.05) is 0 Å². The number of rotatable bonds is 1. The molecule has 0 unspecified atom stereocenters. The van der Waals surface area contributed by atoms with Gasteiger partial charge in [0.1, 0.15) is 0 Å². The van der Waals surface area contributed by atoms with Crippen LogP contribution in [0.25, 0.3) is 0 Å². The number of hydrogen-bond donors (Lipinski definition) is 1. The maximum atomic E-state index is 8.63. The Morgan fingerprint density at radius 1 is 1.44 bits per heavy atom. The van der Waals surface area contributed by atoms with Crippen LogP contribution in [0.4, 0.5) is 0 Å². The molecule has 0 aliphatic carbocycles. The second-order valence-corrected chi connectivity index (χ2v) is 2.86. The van der Waals surface area contributed by atoms with E-state index in [2.05, 4.69) is 0 Å². The Hall–Kier alpha value is -0.313. The van der Waals surface area contributed by atoms with Gasteiger partial charge < -0.3 is 4.80 Å².